The summed E-state index contributed by atoms with van der Waals surface area (Å²) < 4.78 is 0. The SMILES string of the molecule is CC(CCC(=O)CCCC(=O)N(C)CC(=O)N[C@@H](C)C(=O)C(C)C)SSC(C)CNC(=O)C(C)C. The third-order valence-corrected chi connectivity index (χ3v) is 8.80. The Morgan fingerprint density at radius 3 is 1.97 bits per heavy atom. The summed E-state index contributed by atoms with van der Waals surface area (Å²) >= 11 is 0. The summed E-state index contributed by atoms with van der Waals surface area (Å²) in [6.45, 7) is 13.6. The van der Waals surface area contributed by atoms with Crippen molar-refractivity contribution in [3.05, 3.63) is 0 Å². The number of rotatable bonds is 18. The molecular weight excluding hydrogens is 486 g/mol. The van der Waals surface area contributed by atoms with Gasteiger partial charge in [-0.05, 0) is 19.8 Å². The molecule has 2 unspecified atom stereocenters. The van der Waals surface area contributed by atoms with Gasteiger partial charge in [0, 0.05) is 55.2 Å². The lowest BCUT2D eigenvalue weighted by Gasteiger charge is -2.19. The zero-order valence-electron chi connectivity index (χ0n) is 22.6. The summed E-state index contributed by atoms with van der Waals surface area (Å²) in [6, 6.07) is -0.587. The highest BCUT2D eigenvalue weighted by atomic mass is 33.1. The number of Topliss-reactive ketones (excluding diaryl/α,β-unsaturated/α-hetero) is 2. The minimum atomic E-state index is -0.587. The predicted octanol–water partition coefficient (Wildman–Crippen LogP) is 3.62. The van der Waals surface area contributed by atoms with Gasteiger partial charge in [0.1, 0.15) is 5.78 Å². The number of carbonyl (C=O) groups is 5. The van der Waals surface area contributed by atoms with Crippen LogP contribution in [-0.2, 0) is 24.0 Å². The van der Waals surface area contributed by atoms with E-state index in [1.807, 2.05) is 13.8 Å². The van der Waals surface area contributed by atoms with Crippen LogP contribution >= 0.6 is 21.6 Å². The molecule has 0 aliphatic heterocycles. The molecule has 0 heterocycles. The van der Waals surface area contributed by atoms with E-state index in [1.165, 1.54) is 4.90 Å². The number of hydrogen-bond acceptors (Lipinski definition) is 7. The lowest BCUT2D eigenvalue weighted by atomic mass is 10.0. The summed E-state index contributed by atoms with van der Waals surface area (Å²) in [5, 5.41) is 6.14. The molecule has 0 aliphatic rings. The van der Waals surface area contributed by atoms with Gasteiger partial charge in [0.15, 0.2) is 5.78 Å². The highest BCUT2D eigenvalue weighted by Gasteiger charge is 2.20. The standard InChI is InChI=1S/C25H45N3O5S2/c1-16(2)24(32)20(7)27-22(30)15-28(8)23(31)11-9-10-21(29)13-12-18(5)34-35-19(6)14-26-25(33)17(3)4/h16-20H,9-15H2,1-8H3,(H,26,33)(H,27,30)/t18?,19?,20-/m0/s1. The van der Waals surface area contributed by atoms with Gasteiger partial charge in [0.25, 0.3) is 0 Å². The zero-order valence-corrected chi connectivity index (χ0v) is 24.3. The van der Waals surface area contributed by atoms with Gasteiger partial charge < -0.3 is 15.5 Å². The molecule has 0 spiro atoms. The molecule has 0 rings (SSSR count). The Labute approximate surface area is 219 Å². The molecule has 3 atom stereocenters. The smallest absolute Gasteiger partial charge is 0.240 e. The molecular formula is C25H45N3O5S2. The van der Waals surface area contributed by atoms with Gasteiger partial charge in [0.05, 0.1) is 12.6 Å². The normalized spacial score (nSPS) is 13.8. The second kappa shape index (κ2) is 17.8. The molecule has 0 saturated heterocycles. The van der Waals surface area contributed by atoms with Crippen LogP contribution < -0.4 is 10.6 Å². The number of nitrogens with one attached hydrogen (secondary N) is 2. The fourth-order valence-corrected chi connectivity index (χ4v) is 5.37. The van der Waals surface area contributed by atoms with E-state index in [9.17, 15) is 24.0 Å². The molecule has 0 saturated carbocycles. The van der Waals surface area contributed by atoms with Crippen molar-refractivity contribution in [1.29, 1.82) is 0 Å². The van der Waals surface area contributed by atoms with Crippen molar-refractivity contribution in [2.24, 2.45) is 11.8 Å². The molecule has 35 heavy (non-hydrogen) atoms. The van der Waals surface area contributed by atoms with Gasteiger partial charge in [-0.1, -0.05) is 63.1 Å². The predicted molar refractivity (Wildman–Crippen MR) is 145 cm³/mol. The summed E-state index contributed by atoms with van der Waals surface area (Å²) in [4.78, 5) is 61.4. The van der Waals surface area contributed by atoms with Crippen molar-refractivity contribution in [3.8, 4) is 0 Å². The fourth-order valence-electron chi connectivity index (χ4n) is 3.00. The van der Waals surface area contributed by atoms with Gasteiger partial charge in [-0.3, -0.25) is 24.0 Å². The van der Waals surface area contributed by atoms with Gasteiger partial charge >= 0.3 is 0 Å². The van der Waals surface area contributed by atoms with Crippen LogP contribution in [0.15, 0.2) is 0 Å². The molecule has 202 valence electrons. The average molecular weight is 532 g/mol. The lowest BCUT2D eigenvalue weighted by Crippen LogP contribution is -2.45. The molecule has 0 bridgehead atoms. The van der Waals surface area contributed by atoms with Crippen LogP contribution in [0.5, 0.6) is 0 Å². The second-order valence-electron chi connectivity index (χ2n) is 9.74. The number of ketones is 2. The van der Waals surface area contributed by atoms with Crippen molar-refractivity contribution >= 4 is 50.9 Å². The summed E-state index contributed by atoms with van der Waals surface area (Å²) in [6.07, 6.45) is 2.24. The van der Waals surface area contributed by atoms with Crippen LogP contribution in [0.1, 0.15) is 80.6 Å². The molecule has 0 radical (unpaired) electrons. The minimum Gasteiger partial charge on any atom is -0.355 e. The van der Waals surface area contributed by atoms with Crippen LogP contribution in [0.3, 0.4) is 0 Å². The Morgan fingerprint density at radius 2 is 1.40 bits per heavy atom. The first-order chi connectivity index (χ1) is 16.2. The quantitative estimate of drug-likeness (QED) is 0.260. The topological polar surface area (TPSA) is 113 Å². The molecule has 8 nitrogen and oxygen atoms in total. The van der Waals surface area contributed by atoms with E-state index >= 15 is 0 Å². The lowest BCUT2D eigenvalue weighted by molar-refractivity contribution is -0.135. The van der Waals surface area contributed by atoms with Crippen LogP contribution in [0, 0.1) is 11.8 Å². The summed E-state index contributed by atoms with van der Waals surface area (Å²) in [5.74, 6) is -0.628. The van der Waals surface area contributed by atoms with E-state index in [0.717, 1.165) is 6.42 Å². The monoisotopic (exact) mass is 531 g/mol. The Balaban J connectivity index is 4.08. The highest BCUT2D eigenvalue weighted by Crippen LogP contribution is 2.32. The highest BCUT2D eigenvalue weighted by molar-refractivity contribution is 8.77. The number of nitrogens with zero attached hydrogens (tertiary/aromatic N) is 1. The molecule has 0 aromatic heterocycles. The molecule has 0 aromatic rings. The molecule has 0 fully saturated rings. The van der Waals surface area contributed by atoms with E-state index in [-0.39, 0.29) is 59.3 Å². The fraction of sp³-hybridized carbons (Fsp3) is 0.800. The number of likely N-dealkylation sites (N-methyl/N-ethyl adjacent to an activating group) is 1. The third kappa shape index (κ3) is 15.9. The Morgan fingerprint density at radius 1 is 0.800 bits per heavy atom. The van der Waals surface area contributed by atoms with Crippen LogP contribution in [0.2, 0.25) is 0 Å². The van der Waals surface area contributed by atoms with E-state index < -0.39 is 6.04 Å². The first kappa shape index (κ1) is 33.4. The average Bonchev–Trinajstić information content (AvgIpc) is 2.78. The van der Waals surface area contributed by atoms with Crippen molar-refractivity contribution in [2.75, 3.05) is 20.1 Å². The second-order valence-corrected chi connectivity index (χ2v) is 12.9. The van der Waals surface area contributed by atoms with Crippen molar-refractivity contribution < 1.29 is 24.0 Å². The van der Waals surface area contributed by atoms with Crippen molar-refractivity contribution in [3.63, 3.8) is 0 Å². The van der Waals surface area contributed by atoms with Crippen LogP contribution in [0.25, 0.3) is 0 Å². The van der Waals surface area contributed by atoms with E-state index in [1.54, 1.807) is 49.4 Å². The number of amides is 3. The Bertz CT molecular complexity index is 715. The van der Waals surface area contributed by atoms with Gasteiger partial charge in [-0.25, -0.2) is 0 Å². The largest absolute Gasteiger partial charge is 0.355 e. The maximum Gasteiger partial charge on any atom is 0.240 e. The Kier molecular flexibility index (Phi) is 17.0. The number of hydrogen-bond donors (Lipinski definition) is 2. The summed E-state index contributed by atoms with van der Waals surface area (Å²) in [5.41, 5.74) is 0. The van der Waals surface area contributed by atoms with E-state index in [2.05, 4.69) is 24.5 Å². The minimum absolute atomic E-state index is 0.0182. The first-order valence-corrected chi connectivity index (χ1v) is 14.7. The van der Waals surface area contributed by atoms with Crippen LogP contribution in [-0.4, -0.2) is 70.9 Å². The molecule has 2 N–H and O–H groups in total. The van der Waals surface area contributed by atoms with Crippen molar-refractivity contribution in [2.45, 2.75) is 97.1 Å². The maximum absolute atomic E-state index is 12.3. The Hall–Kier alpha value is -1.55. The maximum atomic E-state index is 12.3. The van der Waals surface area contributed by atoms with E-state index in [4.69, 9.17) is 0 Å². The molecule has 10 heteroatoms. The van der Waals surface area contributed by atoms with Gasteiger partial charge in [-0.15, -0.1) is 0 Å². The van der Waals surface area contributed by atoms with Gasteiger partial charge in [0.2, 0.25) is 17.7 Å². The van der Waals surface area contributed by atoms with Gasteiger partial charge in [-0.2, -0.15) is 0 Å². The summed E-state index contributed by atoms with van der Waals surface area (Å²) in [7, 11) is 4.99. The zero-order chi connectivity index (χ0) is 27.1. The third-order valence-electron chi connectivity index (χ3n) is 5.33. The van der Waals surface area contributed by atoms with Crippen LogP contribution in [0.4, 0.5) is 0 Å². The number of carbonyl (C=O) groups excluding carboxylic acids is 5. The van der Waals surface area contributed by atoms with Crippen molar-refractivity contribution in [1.82, 2.24) is 15.5 Å². The van der Waals surface area contributed by atoms with E-state index in [0.29, 0.717) is 31.1 Å². The molecule has 3 amide bonds. The molecule has 0 aliphatic carbocycles. The molecule has 0 aromatic carbocycles. The first-order valence-electron chi connectivity index (χ1n) is 12.4.